The van der Waals surface area contributed by atoms with Gasteiger partial charge in [-0.05, 0) is 48.5 Å². The molecular formula is C17H19Cl2NS. The van der Waals surface area contributed by atoms with Crippen molar-refractivity contribution < 1.29 is 0 Å². The molecule has 0 amide bonds. The molecule has 0 aromatic heterocycles. The van der Waals surface area contributed by atoms with Crippen molar-refractivity contribution in [3.05, 3.63) is 63.6 Å². The number of thioether (sulfide) groups is 1. The van der Waals surface area contributed by atoms with Crippen LogP contribution in [0.15, 0.2) is 47.4 Å². The van der Waals surface area contributed by atoms with Crippen LogP contribution in [0.3, 0.4) is 0 Å². The number of nitrogens with one attached hydrogen (secondary N) is 1. The van der Waals surface area contributed by atoms with Crippen LogP contribution < -0.4 is 5.32 Å². The van der Waals surface area contributed by atoms with Gasteiger partial charge < -0.3 is 5.32 Å². The summed E-state index contributed by atoms with van der Waals surface area (Å²) < 4.78 is 0. The van der Waals surface area contributed by atoms with Gasteiger partial charge in [-0.3, -0.25) is 0 Å². The highest BCUT2D eigenvalue weighted by atomic mass is 35.5. The van der Waals surface area contributed by atoms with Gasteiger partial charge in [0, 0.05) is 4.90 Å². The van der Waals surface area contributed by atoms with Crippen molar-refractivity contribution >= 4 is 35.0 Å². The fourth-order valence-corrected chi connectivity index (χ4v) is 3.24. The maximum atomic E-state index is 6.19. The summed E-state index contributed by atoms with van der Waals surface area (Å²) in [7, 11) is 0. The van der Waals surface area contributed by atoms with Gasteiger partial charge in [0.1, 0.15) is 0 Å². The minimum absolute atomic E-state index is 0.128. The Hall–Kier alpha value is -0.670. The largest absolute Gasteiger partial charge is 0.306 e. The Labute approximate surface area is 141 Å². The molecule has 1 unspecified atom stereocenters. The van der Waals surface area contributed by atoms with Gasteiger partial charge in [-0.1, -0.05) is 54.4 Å². The van der Waals surface area contributed by atoms with Crippen LogP contribution in [0.1, 0.15) is 30.5 Å². The molecule has 0 saturated heterocycles. The minimum atomic E-state index is 0.128. The number of hydrogen-bond donors (Lipinski definition) is 1. The molecule has 0 saturated carbocycles. The topological polar surface area (TPSA) is 12.0 Å². The van der Waals surface area contributed by atoms with Crippen molar-refractivity contribution in [2.45, 2.75) is 24.3 Å². The molecule has 1 N–H and O–H groups in total. The maximum Gasteiger partial charge on any atom is 0.0595 e. The summed E-state index contributed by atoms with van der Waals surface area (Å²) in [6.07, 6.45) is 3.18. The molecule has 1 atom stereocenters. The average Bonchev–Trinajstić information content (AvgIpc) is 2.51. The van der Waals surface area contributed by atoms with Crippen LogP contribution >= 0.6 is 35.0 Å². The summed E-state index contributed by atoms with van der Waals surface area (Å²) in [5, 5.41) is 4.80. The summed E-state index contributed by atoms with van der Waals surface area (Å²) in [6.45, 7) is 3.12. The molecule has 2 rings (SSSR count). The van der Waals surface area contributed by atoms with E-state index in [0.717, 1.165) is 18.5 Å². The van der Waals surface area contributed by atoms with Gasteiger partial charge >= 0.3 is 0 Å². The summed E-state index contributed by atoms with van der Waals surface area (Å²) in [4.78, 5) is 1.28. The van der Waals surface area contributed by atoms with E-state index in [4.69, 9.17) is 23.2 Å². The quantitative estimate of drug-likeness (QED) is 0.667. The smallest absolute Gasteiger partial charge is 0.0595 e. The van der Waals surface area contributed by atoms with Gasteiger partial charge in [-0.15, -0.1) is 11.8 Å². The number of rotatable bonds is 6. The molecular weight excluding hydrogens is 321 g/mol. The number of halogens is 2. The Morgan fingerprint density at radius 3 is 2.52 bits per heavy atom. The summed E-state index contributed by atoms with van der Waals surface area (Å²) in [5.74, 6) is 0. The lowest BCUT2D eigenvalue weighted by atomic mass is 9.98. The molecule has 0 bridgehead atoms. The third-order valence-corrected chi connectivity index (χ3v) is 4.88. The predicted molar refractivity (Wildman–Crippen MR) is 94.8 cm³/mol. The highest BCUT2D eigenvalue weighted by molar-refractivity contribution is 7.98. The maximum absolute atomic E-state index is 6.19. The Morgan fingerprint density at radius 2 is 1.86 bits per heavy atom. The van der Waals surface area contributed by atoms with E-state index >= 15 is 0 Å². The zero-order valence-electron chi connectivity index (χ0n) is 12.2. The molecule has 0 aliphatic heterocycles. The van der Waals surface area contributed by atoms with Gasteiger partial charge in [0.25, 0.3) is 0 Å². The third-order valence-electron chi connectivity index (χ3n) is 3.33. The van der Waals surface area contributed by atoms with Crippen molar-refractivity contribution in [1.82, 2.24) is 5.32 Å². The van der Waals surface area contributed by atoms with Crippen molar-refractivity contribution in [2.24, 2.45) is 0 Å². The summed E-state index contributed by atoms with van der Waals surface area (Å²) in [6, 6.07) is 14.5. The second-order valence-electron chi connectivity index (χ2n) is 4.80. The second kappa shape index (κ2) is 8.09. The third kappa shape index (κ3) is 4.17. The van der Waals surface area contributed by atoms with E-state index in [9.17, 15) is 0 Å². The summed E-state index contributed by atoms with van der Waals surface area (Å²) >= 11 is 14.0. The van der Waals surface area contributed by atoms with Gasteiger partial charge in [-0.2, -0.15) is 0 Å². The molecule has 4 heteroatoms. The van der Waals surface area contributed by atoms with Crippen molar-refractivity contribution in [2.75, 3.05) is 12.8 Å². The monoisotopic (exact) mass is 339 g/mol. The van der Waals surface area contributed by atoms with Crippen molar-refractivity contribution in [3.8, 4) is 0 Å². The van der Waals surface area contributed by atoms with Gasteiger partial charge in [0.05, 0.1) is 16.1 Å². The van der Waals surface area contributed by atoms with Gasteiger partial charge in [-0.25, -0.2) is 0 Å². The van der Waals surface area contributed by atoms with Crippen LogP contribution in [-0.4, -0.2) is 12.8 Å². The zero-order chi connectivity index (χ0) is 15.2. The predicted octanol–water partition coefficient (Wildman–Crippen LogP) is 5.80. The van der Waals surface area contributed by atoms with Crippen molar-refractivity contribution in [3.63, 3.8) is 0 Å². The van der Waals surface area contributed by atoms with Gasteiger partial charge in [0.2, 0.25) is 0 Å². The Balaban J connectivity index is 2.44. The van der Waals surface area contributed by atoms with E-state index in [2.05, 4.69) is 42.8 Å². The second-order valence-corrected chi connectivity index (χ2v) is 6.47. The van der Waals surface area contributed by atoms with Crippen LogP contribution in [-0.2, 0) is 0 Å². The highest BCUT2D eigenvalue weighted by Gasteiger charge is 2.17. The molecule has 21 heavy (non-hydrogen) atoms. The molecule has 112 valence electrons. The van der Waals surface area contributed by atoms with Crippen LogP contribution in [0, 0.1) is 0 Å². The lowest BCUT2D eigenvalue weighted by Gasteiger charge is -2.22. The molecule has 0 aliphatic carbocycles. The molecule has 1 nitrogen and oxygen atoms in total. The molecule has 2 aromatic rings. The van der Waals surface area contributed by atoms with Crippen LogP contribution in [0.25, 0.3) is 0 Å². The SMILES string of the molecule is CCCNC(c1ccc(Cl)c(Cl)c1)c1ccccc1SC. The van der Waals surface area contributed by atoms with Crippen molar-refractivity contribution in [1.29, 1.82) is 0 Å². The van der Waals surface area contributed by atoms with Crippen LogP contribution in [0.5, 0.6) is 0 Å². The van der Waals surface area contributed by atoms with E-state index in [1.165, 1.54) is 10.5 Å². The van der Waals surface area contributed by atoms with Crippen LogP contribution in [0.2, 0.25) is 10.0 Å². The highest BCUT2D eigenvalue weighted by Crippen LogP contribution is 2.33. The standard InChI is InChI=1S/C17H19Cl2NS/c1-3-10-20-17(12-8-9-14(18)15(19)11-12)13-6-4-5-7-16(13)21-2/h4-9,11,17,20H,3,10H2,1-2H3. The Bertz CT molecular complexity index is 601. The Morgan fingerprint density at radius 1 is 1.10 bits per heavy atom. The van der Waals surface area contributed by atoms with Crippen LogP contribution in [0.4, 0.5) is 0 Å². The minimum Gasteiger partial charge on any atom is -0.306 e. The van der Waals surface area contributed by atoms with E-state index < -0.39 is 0 Å². The molecule has 0 fully saturated rings. The molecule has 2 aromatic carbocycles. The van der Waals surface area contributed by atoms with E-state index in [1.807, 2.05) is 18.2 Å². The van der Waals surface area contributed by atoms with Gasteiger partial charge in [0.15, 0.2) is 0 Å². The normalized spacial score (nSPS) is 12.4. The molecule has 0 aliphatic rings. The zero-order valence-corrected chi connectivity index (χ0v) is 14.5. The molecule has 0 radical (unpaired) electrons. The van der Waals surface area contributed by atoms with E-state index in [-0.39, 0.29) is 6.04 Å². The number of benzene rings is 2. The summed E-state index contributed by atoms with van der Waals surface area (Å²) in [5.41, 5.74) is 2.41. The molecule has 0 spiro atoms. The average molecular weight is 340 g/mol. The lowest BCUT2D eigenvalue weighted by Crippen LogP contribution is -2.23. The molecule has 0 heterocycles. The van der Waals surface area contributed by atoms with E-state index in [0.29, 0.717) is 10.0 Å². The van der Waals surface area contributed by atoms with E-state index in [1.54, 1.807) is 11.8 Å². The first-order valence-electron chi connectivity index (χ1n) is 6.98. The number of hydrogen-bond acceptors (Lipinski definition) is 2. The first-order valence-corrected chi connectivity index (χ1v) is 8.96. The fourth-order valence-electron chi connectivity index (χ4n) is 2.29. The lowest BCUT2D eigenvalue weighted by molar-refractivity contribution is 0.592. The first-order chi connectivity index (χ1) is 10.2. The fraction of sp³-hybridized carbons (Fsp3) is 0.294. The Kier molecular flexibility index (Phi) is 6.43. The first kappa shape index (κ1) is 16.7.